The molecule has 0 aliphatic heterocycles. The molecule has 1 atom stereocenters. The third kappa shape index (κ3) is 9.37. The van der Waals surface area contributed by atoms with Crippen LogP contribution in [0.3, 0.4) is 0 Å². The summed E-state index contributed by atoms with van der Waals surface area (Å²) in [5, 5.41) is 20.7. The lowest BCUT2D eigenvalue weighted by molar-refractivity contribution is -0.496. The molecule has 0 saturated heterocycles. The molecule has 1 unspecified atom stereocenters. The van der Waals surface area contributed by atoms with Crippen molar-refractivity contribution in [3.8, 4) is 11.8 Å². The Hall–Kier alpha value is -0.840. The van der Waals surface area contributed by atoms with Gasteiger partial charge in [0.15, 0.2) is 0 Å². The fourth-order valence-electron chi connectivity index (χ4n) is 4.48. The minimum atomic E-state index is -2.78. The molecule has 0 rings (SSSR count). The lowest BCUT2D eigenvalue weighted by Crippen LogP contribution is -2.77. The molecule has 2 N–H and O–H groups in total. The zero-order chi connectivity index (χ0) is 29.1. The number of rotatable bonds is 23. The zero-order valence-corrected chi connectivity index (χ0v) is 25.2. The van der Waals surface area contributed by atoms with Crippen LogP contribution in [-0.4, -0.2) is 92.5 Å². The number of hydrogen-bond donors (Lipinski definition) is 2. The second kappa shape index (κ2) is 19.3. The summed E-state index contributed by atoms with van der Waals surface area (Å²) < 4.78 is 49.6. The quantitative estimate of drug-likeness (QED) is 0.110. The van der Waals surface area contributed by atoms with Crippen molar-refractivity contribution in [2.45, 2.75) is 117 Å². The van der Waals surface area contributed by atoms with Gasteiger partial charge in [0.1, 0.15) is 6.10 Å². The second-order valence-corrected chi connectivity index (χ2v) is 8.23. The van der Waals surface area contributed by atoms with E-state index in [9.17, 15) is 10.2 Å². The van der Waals surface area contributed by atoms with Gasteiger partial charge in [-0.2, -0.15) is 0 Å². The van der Waals surface area contributed by atoms with E-state index in [0.29, 0.717) is 13.0 Å². The van der Waals surface area contributed by atoms with Gasteiger partial charge in [0.05, 0.1) is 6.61 Å². The van der Waals surface area contributed by atoms with Crippen LogP contribution in [0.15, 0.2) is 0 Å². The van der Waals surface area contributed by atoms with Crippen LogP contribution < -0.4 is 0 Å². The first-order chi connectivity index (χ1) is 18.2. The summed E-state index contributed by atoms with van der Waals surface area (Å²) in [6.07, 6.45) is 2.70. The molecule has 226 valence electrons. The van der Waals surface area contributed by atoms with Crippen LogP contribution in [0.2, 0.25) is 0 Å². The predicted molar refractivity (Wildman–Crippen MR) is 144 cm³/mol. The maximum Gasteiger partial charge on any atom is 0.348 e. The minimum absolute atomic E-state index is 0.00564. The average Bonchev–Trinajstić information content (AvgIpc) is 2.87. The molecule has 10 heteroatoms. The molecule has 10 nitrogen and oxygen atoms in total. The Morgan fingerprint density at radius 1 is 0.553 bits per heavy atom. The van der Waals surface area contributed by atoms with E-state index < -0.39 is 29.4 Å². The first kappa shape index (κ1) is 37.2. The molecule has 0 aromatic rings. The molecule has 38 heavy (non-hydrogen) atoms. The largest absolute Gasteiger partial charge is 0.373 e. The monoisotopic (exact) mass is 550 g/mol. The molecular weight excluding hydrogens is 496 g/mol. The third-order valence-corrected chi connectivity index (χ3v) is 5.60. The zero-order valence-electron chi connectivity index (χ0n) is 25.2. The first-order valence-electron chi connectivity index (χ1n) is 14.2. The molecule has 0 fully saturated rings. The van der Waals surface area contributed by atoms with Gasteiger partial charge in [-0.05, 0) is 73.7 Å². The highest BCUT2D eigenvalue weighted by Crippen LogP contribution is 2.48. The topological polar surface area (TPSA) is 114 Å². The summed E-state index contributed by atoms with van der Waals surface area (Å²) >= 11 is 0. The van der Waals surface area contributed by atoms with Crippen LogP contribution in [0.4, 0.5) is 0 Å². The second-order valence-electron chi connectivity index (χ2n) is 8.23. The molecule has 0 heterocycles. The van der Waals surface area contributed by atoms with Gasteiger partial charge in [-0.15, -0.1) is 0 Å². The van der Waals surface area contributed by atoms with Gasteiger partial charge in [-0.3, -0.25) is 0 Å². The molecule has 0 aromatic heterocycles. The Kier molecular flexibility index (Phi) is 18.8. The lowest BCUT2D eigenvalue weighted by Gasteiger charge is -2.56. The number of hydrogen-bond acceptors (Lipinski definition) is 10. The summed E-state index contributed by atoms with van der Waals surface area (Å²) in [4.78, 5) is 0. The van der Waals surface area contributed by atoms with Crippen molar-refractivity contribution in [3.63, 3.8) is 0 Å². The van der Waals surface area contributed by atoms with E-state index in [1.165, 1.54) is 0 Å². The van der Waals surface area contributed by atoms with Crippen molar-refractivity contribution < 1.29 is 48.1 Å². The third-order valence-electron chi connectivity index (χ3n) is 5.60. The van der Waals surface area contributed by atoms with E-state index in [4.69, 9.17) is 37.9 Å². The van der Waals surface area contributed by atoms with Gasteiger partial charge in [-0.25, -0.2) is 0 Å². The van der Waals surface area contributed by atoms with Crippen LogP contribution in [0.25, 0.3) is 0 Å². The predicted octanol–water partition coefficient (Wildman–Crippen LogP) is 3.96. The first-order valence-corrected chi connectivity index (χ1v) is 14.2. The number of ether oxygens (including phenoxy) is 8. The van der Waals surface area contributed by atoms with Crippen molar-refractivity contribution in [3.05, 3.63) is 0 Å². The average molecular weight is 551 g/mol. The van der Waals surface area contributed by atoms with Crippen LogP contribution in [0, 0.1) is 11.8 Å². The summed E-state index contributed by atoms with van der Waals surface area (Å²) in [7, 11) is 0. The Labute approximate surface area is 230 Å². The smallest absolute Gasteiger partial charge is 0.348 e. The van der Waals surface area contributed by atoms with Crippen molar-refractivity contribution in [1.29, 1.82) is 0 Å². The Bertz CT molecular complexity index is 640. The molecule has 0 amide bonds. The Morgan fingerprint density at radius 3 is 1.42 bits per heavy atom. The van der Waals surface area contributed by atoms with Crippen LogP contribution in [0.1, 0.15) is 88.0 Å². The van der Waals surface area contributed by atoms with E-state index >= 15 is 0 Å². The fourth-order valence-corrected chi connectivity index (χ4v) is 4.48. The normalized spacial score (nSPS) is 13.9. The molecule has 0 aromatic carbocycles. The number of unbranched alkanes of at least 4 members (excludes halogenated alkanes) is 2. The van der Waals surface area contributed by atoms with Gasteiger partial charge in [-0.1, -0.05) is 26.2 Å². The molecule has 0 spiro atoms. The van der Waals surface area contributed by atoms with Crippen molar-refractivity contribution in [2.75, 3.05) is 52.9 Å². The highest BCUT2D eigenvalue weighted by atomic mass is 16.8. The summed E-state index contributed by atoms with van der Waals surface area (Å²) in [5.74, 6) is -3.44. The molecule has 0 aliphatic carbocycles. The maximum absolute atomic E-state index is 10.4. The lowest BCUT2D eigenvalue weighted by atomic mass is 9.87. The highest BCUT2D eigenvalue weighted by Gasteiger charge is 2.73. The fraction of sp³-hybridized carbons (Fsp3) is 0.929. The summed E-state index contributed by atoms with van der Waals surface area (Å²) in [6, 6.07) is 0. The molecule has 0 bridgehead atoms. The summed E-state index contributed by atoms with van der Waals surface area (Å²) in [6.45, 7) is 17.7. The van der Waals surface area contributed by atoms with Gasteiger partial charge in [0.25, 0.3) is 17.4 Å². The highest BCUT2D eigenvalue weighted by molar-refractivity contribution is 5.23. The van der Waals surface area contributed by atoms with Gasteiger partial charge < -0.3 is 48.1 Å². The standard InChI is InChI=1S/C28H54O10/c1-10-19-20-21-24(31-11-2)27(35-15-6,36-16-7)28(37-17-8,38-18-9)25(32-12-3,33-13-4)22-23-26(29,30)34-14-5/h24,29-30H,10-21H2,1-9H3. The van der Waals surface area contributed by atoms with Crippen LogP contribution in [0.5, 0.6) is 0 Å². The molecule has 0 saturated carbocycles. The molecular formula is C28H54O10. The van der Waals surface area contributed by atoms with Gasteiger partial charge >= 0.3 is 5.97 Å². The maximum atomic E-state index is 10.4. The Balaban J connectivity index is 7.78. The van der Waals surface area contributed by atoms with E-state index in [1.807, 2.05) is 20.8 Å². The summed E-state index contributed by atoms with van der Waals surface area (Å²) in [5.41, 5.74) is 0. The van der Waals surface area contributed by atoms with Gasteiger partial charge in [0.2, 0.25) is 0 Å². The van der Waals surface area contributed by atoms with E-state index in [0.717, 1.165) is 19.3 Å². The SMILES string of the molecule is CCCCCC(OCC)C(OCC)(OCC)C(OCC)(OCC)C(C#CC(O)(O)OCC)(OCC)OCC. The van der Waals surface area contributed by atoms with Crippen LogP contribution >= 0.6 is 0 Å². The van der Waals surface area contributed by atoms with Gasteiger partial charge in [0, 0.05) is 46.2 Å². The molecule has 0 radical (unpaired) electrons. The minimum Gasteiger partial charge on any atom is -0.373 e. The van der Waals surface area contributed by atoms with Crippen LogP contribution in [-0.2, 0) is 37.9 Å². The van der Waals surface area contributed by atoms with Crippen molar-refractivity contribution in [1.82, 2.24) is 0 Å². The van der Waals surface area contributed by atoms with E-state index in [-0.39, 0.29) is 46.2 Å². The number of aliphatic hydroxyl groups is 2. The molecule has 0 aliphatic rings. The Morgan fingerprint density at radius 2 is 1.03 bits per heavy atom. The van der Waals surface area contributed by atoms with E-state index in [1.54, 1.807) is 34.6 Å². The van der Waals surface area contributed by atoms with Crippen molar-refractivity contribution >= 4 is 0 Å². The van der Waals surface area contributed by atoms with E-state index in [2.05, 4.69) is 18.8 Å². The van der Waals surface area contributed by atoms with Crippen molar-refractivity contribution in [2.24, 2.45) is 0 Å².